The first-order chi connectivity index (χ1) is 9.20. The standard InChI is InChI=1S/C15H29NO2S/c1-13(2)12-17-8-6-16-14-3-7-18-15(11-14)4-9-19-10-5-15/h13-14,16H,3-12H2,1-2H3. The Kier molecular flexibility index (Phi) is 6.46. The molecule has 0 aromatic heterocycles. The fourth-order valence-electron chi connectivity index (χ4n) is 2.95. The van der Waals surface area contributed by atoms with Gasteiger partial charge in [-0.2, -0.15) is 11.8 Å². The Labute approximate surface area is 122 Å². The molecule has 0 amide bonds. The highest BCUT2D eigenvalue weighted by atomic mass is 32.2. The molecular formula is C15H29NO2S. The summed E-state index contributed by atoms with van der Waals surface area (Å²) in [6.07, 6.45) is 4.82. The van der Waals surface area contributed by atoms with Crippen molar-refractivity contribution >= 4 is 11.8 Å². The molecule has 4 heteroatoms. The molecule has 0 bridgehead atoms. The average molecular weight is 287 g/mol. The molecular weight excluding hydrogens is 258 g/mol. The van der Waals surface area contributed by atoms with Crippen molar-refractivity contribution in [3.63, 3.8) is 0 Å². The van der Waals surface area contributed by atoms with Crippen LogP contribution in [0.1, 0.15) is 39.5 Å². The van der Waals surface area contributed by atoms with Crippen molar-refractivity contribution in [1.82, 2.24) is 5.32 Å². The molecule has 2 heterocycles. The minimum absolute atomic E-state index is 0.194. The molecule has 1 unspecified atom stereocenters. The molecule has 0 saturated carbocycles. The van der Waals surface area contributed by atoms with Gasteiger partial charge < -0.3 is 14.8 Å². The summed E-state index contributed by atoms with van der Waals surface area (Å²) in [5.41, 5.74) is 0.194. The molecule has 3 nitrogen and oxygen atoms in total. The van der Waals surface area contributed by atoms with E-state index in [0.29, 0.717) is 12.0 Å². The summed E-state index contributed by atoms with van der Waals surface area (Å²) in [4.78, 5) is 0. The first kappa shape index (κ1) is 15.6. The first-order valence-electron chi connectivity index (χ1n) is 7.73. The zero-order valence-electron chi connectivity index (χ0n) is 12.5. The van der Waals surface area contributed by atoms with Crippen LogP contribution in [0, 0.1) is 5.92 Å². The second kappa shape index (κ2) is 7.87. The molecule has 112 valence electrons. The van der Waals surface area contributed by atoms with E-state index < -0.39 is 0 Å². The number of rotatable bonds is 6. The summed E-state index contributed by atoms with van der Waals surface area (Å²) >= 11 is 2.07. The molecule has 19 heavy (non-hydrogen) atoms. The van der Waals surface area contributed by atoms with Gasteiger partial charge in [0.05, 0.1) is 12.2 Å². The fraction of sp³-hybridized carbons (Fsp3) is 1.00. The lowest BCUT2D eigenvalue weighted by Gasteiger charge is -2.43. The largest absolute Gasteiger partial charge is 0.380 e. The van der Waals surface area contributed by atoms with E-state index in [1.165, 1.54) is 30.8 Å². The summed E-state index contributed by atoms with van der Waals surface area (Å²) in [7, 11) is 0. The second-order valence-electron chi connectivity index (χ2n) is 6.26. The van der Waals surface area contributed by atoms with Gasteiger partial charge in [0.1, 0.15) is 0 Å². The molecule has 1 atom stereocenters. The maximum atomic E-state index is 6.11. The Hall–Kier alpha value is 0.230. The lowest BCUT2D eigenvalue weighted by Crippen LogP contribution is -2.49. The van der Waals surface area contributed by atoms with E-state index in [4.69, 9.17) is 9.47 Å². The summed E-state index contributed by atoms with van der Waals surface area (Å²) < 4.78 is 11.7. The second-order valence-corrected chi connectivity index (χ2v) is 7.48. The first-order valence-corrected chi connectivity index (χ1v) is 8.88. The van der Waals surface area contributed by atoms with Gasteiger partial charge in [-0.1, -0.05) is 13.8 Å². The molecule has 1 N–H and O–H groups in total. The number of ether oxygens (including phenoxy) is 2. The van der Waals surface area contributed by atoms with Gasteiger partial charge in [0.25, 0.3) is 0 Å². The number of nitrogens with one attached hydrogen (secondary N) is 1. The summed E-state index contributed by atoms with van der Waals surface area (Å²) in [5.74, 6) is 3.17. The number of hydrogen-bond donors (Lipinski definition) is 1. The van der Waals surface area contributed by atoms with Crippen LogP contribution in [-0.2, 0) is 9.47 Å². The van der Waals surface area contributed by atoms with Crippen LogP contribution in [0.25, 0.3) is 0 Å². The molecule has 0 aromatic rings. The van der Waals surface area contributed by atoms with Crippen LogP contribution in [0.4, 0.5) is 0 Å². The zero-order valence-corrected chi connectivity index (χ0v) is 13.3. The van der Waals surface area contributed by atoms with E-state index in [9.17, 15) is 0 Å². The van der Waals surface area contributed by atoms with Gasteiger partial charge in [-0.25, -0.2) is 0 Å². The van der Waals surface area contributed by atoms with Crippen LogP contribution in [0.5, 0.6) is 0 Å². The Morgan fingerprint density at radius 2 is 2.16 bits per heavy atom. The van der Waals surface area contributed by atoms with Crippen LogP contribution in [-0.4, -0.2) is 49.5 Å². The third kappa shape index (κ3) is 5.25. The normalized spacial score (nSPS) is 27.0. The van der Waals surface area contributed by atoms with Crippen LogP contribution >= 0.6 is 11.8 Å². The maximum absolute atomic E-state index is 6.11. The summed E-state index contributed by atoms with van der Waals surface area (Å²) in [6.45, 7) is 7.99. The lowest BCUT2D eigenvalue weighted by molar-refractivity contribution is -0.0935. The highest BCUT2D eigenvalue weighted by Crippen LogP contribution is 2.37. The third-order valence-corrected chi connectivity index (χ3v) is 5.01. The van der Waals surface area contributed by atoms with Gasteiger partial charge in [0.2, 0.25) is 0 Å². The Bertz CT molecular complexity index is 249. The lowest BCUT2D eigenvalue weighted by atomic mass is 9.85. The van der Waals surface area contributed by atoms with Crippen molar-refractivity contribution in [3.05, 3.63) is 0 Å². The Balaban J connectivity index is 1.64. The van der Waals surface area contributed by atoms with E-state index in [2.05, 4.69) is 30.9 Å². The van der Waals surface area contributed by atoms with Gasteiger partial charge in [-0.3, -0.25) is 0 Å². The van der Waals surface area contributed by atoms with E-state index in [0.717, 1.165) is 32.8 Å². The highest BCUT2D eigenvalue weighted by Gasteiger charge is 2.38. The highest BCUT2D eigenvalue weighted by molar-refractivity contribution is 7.99. The molecule has 2 saturated heterocycles. The molecule has 0 aromatic carbocycles. The van der Waals surface area contributed by atoms with Crippen LogP contribution in [0.2, 0.25) is 0 Å². The molecule has 1 spiro atoms. The topological polar surface area (TPSA) is 30.5 Å². The zero-order chi connectivity index (χ0) is 13.6. The van der Waals surface area contributed by atoms with Gasteiger partial charge in [0.15, 0.2) is 0 Å². The van der Waals surface area contributed by atoms with E-state index in [1.807, 2.05) is 0 Å². The Morgan fingerprint density at radius 3 is 2.89 bits per heavy atom. The van der Waals surface area contributed by atoms with E-state index in [-0.39, 0.29) is 5.60 Å². The van der Waals surface area contributed by atoms with Crippen molar-refractivity contribution in [2.24, 2.45) is 5.92 Å². The van der Waals surface area contributed by atoms with Crippen LogP contribution in [0.3, 0.4) is 0 Å². The van der Waals surface area contributed by atoms with E-state index >= 15 is 0 Å². The monoisotopic (exact) mass is 287 g/mol. The predicted octanol–water partition coefficient (Wildman–Crippen LogP) is 2.69. The van der Waals surface area contributed by atoms with Crippen LogP contribution in [0.15, 0.2) is 0 Å². The van der Waals surface area contributed by atoms with Crippen molar-refractivity contribution in [3.8, 4) is 0 Å². The van der Waals surface area contributed by atoms with Crippen molar-refractivity contribution in [2.75, 3.05) is 37.9 Å². The van der Waals surface area contributed by atoms with Crippen molar-refractivity contribution in [2.45, 2.75) is 51.2 Å². The van der Waals surface area contributed by atoms with Crippen molar-refractivity contribution in [1.29, 1.82) is 0 Å². The smallest absolute Gasteiger partial charge is 0.0713 e. The van der Waals surface area contributed by atoms with Gasteiger partial charge in [-0.15, -0.1) is 0 Å². The minimum Gasteiger partial charge on any atom is -0.380 e. The average Bonchev–Trinajstić information content (AvgIpc) is 2.39. The molecule has 2 fully saturated rings. The maximum Gasteiger partial charge on any atom is 0.0713 e. The van der Waals surface area contributed by atoms with Gasteiger partial charge >= 0.3 is 0 Å². The third-order valence-electron chi connectivity index (χ3n) is 4.03. The summed E-state index contributed by atoms with van der Waals surface area (Å²) in [5, 5.41) is 3.66. The fourth-order valence-corrected chi connectivity index (χ4v) is 4.18. The molecule has 0 radical (unpaired) electrons. The number of thioether (sulfide) groups is 1. The molecule has 2 rings (SSSR count). The molecule has 2 aliphatic rings. The number of hydrogen-bond acceptors (Lipinski definition) is 4. The summed E-state index contributed by atoms with van der Waals surface area (Å²) in [6, 6.07) is 0.625. The minimum atomic E-state index is 0.194. The Morgan fingerprint density at radius 1 is 1.37 bits per heavy atom. The van der Waals surface area contributed by atoms with Gasteiger partial charge in [0, 0.05) is 25.8 Å². The van der Waals surface area contributed by atoms with Gasteiger partial charge in [-0.05, 0) is 43.1 Å². The molecule has 2 aliphatic heterocycles. The predicted molar refractivity (Wildman–Crippen MR) is 81.9 cm³/mol. The quantitative estimate of drug-likeness (QED) is 0.761. The van der Waals surface area contributed by atoms with Crippen LogP contribution < -0.4 is 5.32 Å². The molecule has 0 aliphatic carbocycles. The van der Waals surface area contributed by atoms with Crippen molar-refractivity contribution < 1.29 is 9.47 Å². The SMILES string of the molecule is CC(C)COCCNC1CCOC2(CCSCC2)C1. The van der Waals surface area contributed by atoms with E-state index in [1.54, 1.807) is 0 Å².